The van der Waals surface area contributed by atoms with Gasteiger partial charge in [-0.15, -0.1) is 0 Å². The maximum atomic E-state index is 12.5. The van der Waals surface area contributed by atoms with E-state index in [0.717, 1.165) is 43.9 Å². The molecular weight excluding hydrogens is 290 g/mol. The first kappa shape index (κ1) is 12.8. The zero-order valence-electron chi connectivity index (χ0n) is 9.57. The molecule has 2 rings (SSSR count). The van der Waals surface area contributed by atoms with Gasteiger partial charge < -0.3 is 0 Å². The van der Waals surface area contributed by atoms with Crippen molar-refractivity contribution in [1.29, 1.82) is 0 Å². The van der Waals surface area contributed by atoms with Crippen molar-refractivity contribution < 1.29 is 8.42 Å². The predicted octanol–water partition coefficient (Wildman–Crippen LogP) is 2.51. The van der Waals surface area contributed by atoms with Crippen LogP contribution in [0.15, 0.2) is 0 Å². The fourth-order valence-electron chi connectivity index (χ4n) is 2.52. The second-order valence-corrected chi connectivity index (χ2v) is 7.79. The van der Waals surface area contributed by atoms with E-state index in [0.29, 0.717) is 12.6 Å². The Morgan fingerprint density at radius 1 is 1.06 bits per heavy atom. The summed E-state index contributed by atoms with van der Waals surface area (Å²) in [5.41, 5.74) is 0. The summed E-state index contributed by atoms with van der Waals surface area (Å²) in [6, 6.07) is 0.310. The molecule has 0 amide bonds. The van der Waals surface area contributed by atoms with Crippen LogP contribution in [0, 0.1) is 0 Å². The Bertz CT molecular complexity index is 321. The average molecular weight is 310 g/mol. The van der Waals surface area contributed by atoms with Gasteiger partial charge in [-0.3, -0.25) is 0 Å². The summed E-state index contributed by atoms with van der Waals surface area (Å²) in [6.45, 7) is 0.642. The Kier molecular flexibility index (Phi) is 4.30. The van der Waals surface area contributed by atoms with Crippen molar-refractivity contribution in [2.24, 2.45) is 0 Å². The third kappa shape index (κ3) is 2.79. The highest BCUT2D eigenvalue weighted by atomic mass is 79.9. The Morgan fingerprint density at radius 2 is 1.69 bits per heavy atom. The predicted molar refractivity (Wildman–Crippen MR) is 69.3 cm³/mol. The van der Waals surface area contributed by atoms with E-state index in [1.165, 1.54) is 6.42 Å². The van der Waals surface area contributed by atoms with Crippen LogP contribution in [0.3, 0.4) is 0 Å². The zero-order chi connectivity index (χ0) is 11.6. The maximum Gasteiger partial charge on any atom is 0.217 e. The SMILES string of the molecule is O=S(=O)(C1CCCCC1)N(CCBr)C1CC1. The van der Waals surface area contributed by atoms with Gasteiger partial charge in [0, 0.05) is 17.9 Å². The molecular formula is C11H20BrNO2S. The van der Waals surface area contributed by atoms with Crippen molar-refractivity contribution >= 4 is 26.0 Å². The van der Waals surface area contributed by atoms with Crippen LogP contribution < -0.4 is 0 Å². The molecule has 0 N–H and O–H groups in total. The lowest BCUT2D eigenvalue weighted by Gasteiger charge is -2.29. The van der Waals surface area contributed by atoms with E-state index in [1.54, 1.807) is 4.31 Å². The molecule has 2 aliphatic rings. The van der Waals surface area contributed by atoms with Gasteiger partial charge in [0.25, 0.3) is 0 Å². The third-order valence-corrected chi connectivity index (χ3v) is 6.36. The van der Waals surface area contributed by atoms with Gasteiger partial charge in [-0.1, -0.05) is 35.2 Å². The Labute approximate surface area is 107 Å². The van der Waals surface area contributed by atoms with E-state index < -0.39 is 10.0 Å². The van der Waals surface area contributed by atoms with E-state index in [9.17, 15) is 8.42 Å². The summed E-state index contributed by atoms with van der Waals surface area (Å²) >= 11 is 3.36. The molecule has 2 saturated carbocycles. The number of sulfonamides is 1. The minimum absolute atomic E-state index is 0.0964. The summed E-state index contributed by atoms with van der Waals surface area (Å²) < 4.78 is 26.7. The second-order valence-electron chi connectivity index (χ2n) is 4.84. The van der Waals surface area contributed by atoms with Gasteiger partial charge in [-0.05, 0) is 25.7 Å². The molecule has 0 spiro atoms. The highest BCUT2D eigenvalue weighted by Crippen LogP contribution is 2.34. The smallest absolute Gasteiger partial charge is 0.212 e. The number of hydrogen-bond donors (Lipinski definition) is 0. The van der Waals surface area contributed by atoms with E-state index in [-0.39, 0.29) is 5.25 Å². The molecule has 94 valence electrons. The van der Waals surface area contributed by atoms with E-state index in [1.807, 2.05) is 0 Å². The van der Waals surface area contributed by atoms with Crippen LogP contribution in [0.4, 0.5) is 0 Å². The highest BCUT2D eigenvalue weighted by Gasteiger charge is 2.40. The van der Waals surface area contributed by atoms with Crippen LogP contribution in [-0.2, 0) is 10.0 Å². The summed E-state index contributed by atoms with van der Waals surface area (Å²) in [4.78, 5) is 0. The molecule has 0 radical (unpaired) electrons. The maximum absolute atomic E-state index is 12.5. The van der Waals surface area contributed by atoms with Gasteiger partial charge in [0.2, 0.25) is 10.0 Å². The molecule has 0 unspecified atom stereocenters. The fraction of sp³-hybridized carbons (Fsp3) is 1.00. The Hall–Kier alpha value is 0.390. The average Bonchev–Trinajstić information content (AvgIpc) is 3.11. The van der Waals surface area contributed by atoms with Gasteiger partial charge in [0.15, 0.2) is 0 Å². The van der Waals surface area contributed by atoms with Crippen LogP contribution in [0.5, 0.6) is 0 Å². The van der Waals surface area contributed by atoms with Crippen LogP contribution in [0.25, 0.3) is 0 Å². The zero-order valence-corrected chi connectivity index (χ0v) is 12.0. The number of hydrogen-bond acceptors (Lipinski definition) is 2. The van der Waals surface area contributed by atoms with Crippen LogP contribution in [0.2, 0.25) is 0 Å². The Morgan fingerprint density at radius 3 is 2.19 bits per heavy atom. The number of rotatable bonds is 5. The number of halogens is 1. The van der Waals surface area contributed by atoms with E-state index in [4.69, 9.17) is 0 Å². The molecule has 0 saturated heterocycles. The van der Waals surface area contributed by atoms with Crippen LogP contribution >= 0.6 is 15.9 Å². The summed E-state index contributed by atoms with van der Waals surface area (Å²) in [5.74, 6) is 0. The van der Waals surface area contributed by atoms with Crippen molar-refractivity contribution in [2.45, 2.75) is 56.2 Å². The van der Waals surface area contributed by atoms with Gasteiger partial charge in [-0.25, -0.2) is 8.42 Å². The molecule has 2 fully saturated rings. The molecule has 2 aliphatic carbocycles. The quantitative estimate of drug-likeness (QED) is 0.732. The fourth-order valence-corrected chi connectivity index (χ4v) is 5.42. The molecule has 0 heterocycles. The number of nitrogens with zero attached hydrogens (tertiary/aromatic N) is 1. The first-order chi connectivity index (χ1) is 7.66. The van der Waals surface area contributed by atoms with Gasteiger partial charge in [0.1, 0.15) is 0 Å². The van der Waals surface area contributed by atoms with E-state index >= 15 is 0 Å². The lowest BCUT2D eigenvalue weighted by atomic mass is 10.0. The Balaban J connectivity index is 2.07. The molecule has 0 atom stereocenters. The van der Waals surface area contributed by atoms with E-state index in [2.05, 4.69) is 15.9 Å². The molecule has 16 heavy (non-hydrogen) atoms. The molecule has 0 aliphatic heterocycles. The summed E-state index contributed by atoms with van der Waals surface area (Å²) in [5, 5.41) is 0.649. The number of alkyl halides is 1. The van der Waals surface area contributed by atoms with Crippen molar-refractivity contribution in [1.82, 2.24) is 4.31 Å². The third-order valence-electron chi connectivity index (χ3n) is 3.56. The minimum atomic E-state index is -3.02. The standard InChI is InChI=1S/C11H20BrNO2S/c12-8-9-13(10-6-7-10)16(14,15)11-4-2-1-3-5-11/h10-11H,1-9H2. The monoisotopic (exact) mass is 309 g/mol. The van der Waals surface area contributed by atoms with Crippen molar-refractivity contribution in [3.63, 3.8) is 0 Å². The van der Waals surface area contributed by atoms with Crippen molar-refractivity contribution in [3.8, 4) is 0 Å². The topological polar surface area (TPSA) is 37.4 Å². The van der Waals surface area contributed by atoms with Crippen molar-refractivity contribution in [2.75, 3.05) is 11.9 Å². The first-order valence-electron chi connectivity index (χ1n) is 6.23. The van der Waals surface area contributed by atoms with Crippen LogP contribution in [0.1, 0.15) is 44.9 Å². The lowest BCUT2D eigenvalue weighted by Crippen LogP contribution is -2.42. The molecule has 0 aromatic rings. The van der Waals surface area contributed by atoms with Gasteiger partial charge in [0.05, 0.1) is 5.25 Å². The van der Waals surface area contributed by atoms with Gasteiger partial charge in [-0.2, -0.15) is 4.31 Å². The molecule has 0 aromatic carbocycles. The van der Waals surface area contributed by atoms with Crippen LogP contribution in [-0.4, -0.2) is 35.9 Å². The first-order valence-corrected chi connectivity index (χ1v) is 8.85. The summed E-state index contributed by atoms with van der Waals surface area (Å²) in [6.07, 6.45) is 7.21. The molecule has 0 aromatic heterocycles. The summed E-state index contributed by atoms with van der Waals surface area (Å²) in [7, 11) is -3.02. The minimum Gasteiger partial charge on any atom is -0.212 e. The lowest BCUT2D eigenvalue weighted by molar-refractivity contribution is 0.395. The van der Waals surface area contributed by atoms with Gasteiger partial charge >= 0.3 is 0 Å². The molecule has 5 heteroatoms. The largest absolute Gasteiger partial charge is 0.217 e. The highest BCUT2D eigenvalue weighted by molar-refractivity contribution is 9.09. The normalized spacial score (nSPS) is 23.9. The second kappa shape index (κ2) is 5.36. The molecule has 3 nitrogen and oxygen atoms in total. The molecule has 0 bridgehead atoms. The van der Waals surface area contributed by atoms with Crippen molar-refractivity contribution in [3.05, 3.63) is 0 Å².